The molecule has 24 heavy (non-hydrogen) atoms. The average Bonchev–Trinajstić information content (AvgIpc) is 3.37. The van der Waals surface area contributed by atoms with Crippen LogP contribution >= 0.6 is 22.6 Å². The summed E-state index contributed by atoms with van der Waals surface area (Å²) in [6.45, 7) is 0. The van der Waals surface area contributed by atoms with E-state index in [9.17, 15) is 9.18 Å². The molecule has 1 saturated carbocycles. The lowest BCUT2D eigenvalue weighted by Crippen LogP contribution is -2.30. The minimum Gasteiger partial charge on any atom is -0.345 e. The van der Waals surface area contributed by atoms with Gasteiger partial charge in [-0.15, -0.1) is 0 Å². The zero-order chi connectivity index (χ0) is 16.7. The van der Waals surface area contributed by atoms with E-state index in [0.29, 0.717) is 17.0 Å². The fourth-order valence-corrected chi connectivity index (χ4v) is 3.52. The number of aromatic amines is 1. The number of nitrogens with one attached hydrogen (secondary N) is 2. The summed E-state index contributed by atoms with van der Waals surface area (Å²) in [5, 5.41) is 11.0. The van der Waals surface area contributed by atoms with Gasteiger partial charge in [-0.2, -0.15) is 5.10 Å². The van der Waals surface area contributed by atoms with Gasteiger partial charge in [0.25, 0.3) is 5.91 Å². The number of hydrogen-bond donors (Lipinski definition) is 2. The average molecular weight is 435 g/mol. The van der Waals surface area contributed by atoms with E-state index in [1.807, 2.05) is 12.1 Å². The van der Waals surface area contributed by atoms with Crippen LogP contribution in [0.15, 0.2) is 42.5 Å². The van der Waals surface area contributed by atoms with Crippen LogP contribution in [-0.2, 0) is 0 Å². The monoisotopic (exact) mass is 435 g/mol. The second kappa shape index (κ2) is 6.16. The number of carbonyl (C=O) groups is 1. The van der Waals surface area contributed by atoms with Gasteiger partial charge >= 0.3 is 0 Å². The van der Waals surface area contributed by atoms with E-state index in [1.165, 1.54) is 6.07 Å². The molecule has 1 heterocycles. The Morgan fingerprint density at radius 1 is 1.29 bits per heavy atom. The number of benzene rings is 2. The summed E-state index contributed by atoms with van der Waals surface area (Å²) in [5.41, 5.74) is 2.01. The molecule has 1 aliphatic carbocycles. The van der Waals surface area contributed by atoms with Gasteiger partial charge in [0.05, 0.1) is 11.6 Å². The molecule has 1 aliphatic rings. The lowest BCUT2D eigenvalue weighted by molar-refractivity contribution is 0.0931. The van der Waals surface area contributed by atoms with E-state index in [4.69, 9.17) is 0 Å². The number of amides is 1. The van der Waals surface area contributed by atoms with Gasteiger partial charge < -0.3 is 5.32 Å². The number of rotatable bonds is 4. The Bertz CT molecular complexity index is 920. The Morgan fingerprint density at radius 2 is 2.08 bits per heavy atom. The van der Waals surface area contributed by atoms with Crippen molar-refractivity contribution in [3.63, 3.8) is 0 Å². The number of nitrogens with zero attached hydrogens (tertiary/aromatic N) is 1. The van der Waals surface area contributed by atoms with Crippen molar-refractivity contribution in [3.05, 3.63) is 63.1 Å². The molecule has 1 fully saturated rings. The minimum atomic E-state index is -0.280. The van der Waals surface area contributed by atoms with Gasteiger partial charge in [-0.05, 0) is 65.6 Å². The van der Waals surface area contributed by atoms with Gasteiger partial charge in [0.1, 0.15) is 9.52 Å². The highest BCUT2D eigenvalue weighted by Gasteiger charge is 2.35. The van der Waals surface area contributed by atoms with Crippen LogP contribution in [0.25, 0.3) is 10.9 Å². The largest absolute Gasteiger partial charge is 0.345 e. The summed E-state index contributed by atoms with van der Waals surface area (Å²) in [6.07, 6.45) is 2.02. The van der Waals surface area contributed by atoms with Crippen LogP contribution in [0.1, 0.15) is 34.8 Å². The molecule has 122 valence electrons. The van der Waals surface area contributed by atoms with Crippen molar-refractivity contribution < 1.29 is 9.18 Å². The van der Waals surface area contributed by atoms with E-state index in [2.05, 4.69) is 38.1 Å². The second-order valence-corrected chi connectivity index (χ2v) is 7.11. The zero-order valence-electron chi connectivity index (χ0n) is 12.7. The lowest BCUT2D eigenvalue weighted by atomic mass is 10.0. The number of hydrogen-bond acceptors (Lipinski definition) is 2. The molecule has 0 radical (unpaired) electrons. The molecule has 3 aromatic rings. The van der Waals surface area contributed by atoms with Crippen molar-refractivity contribution >= 4 is 39.4 Å². The van der Waals surface area contributed by atoms with Crippen LogP contribution in [0.4, 0.5) is 4.39 Å². The maximum absolute atomic E-state index is 14.1. The Kier molecular flexibility index (Phi) is 3.99. The molecule has 2 aromatic carbocycles. The third-order valence-electron chi connectivity index (χ3n) is 4.40. The fourth-order valence-electron chi connectivity index (χ4n) is 2.95. The number of halogens is 2. The van der Waals surface area contributed by atoms with Crippen LogP contribution in [0.2, 0.25) is 0 Å². The molecule has 4 rings (SSSR count). The first-order valence-corrected chi connectivity index (χ1v) is 8.90. The topological polar surface area (TPSA) is 57.8 Å². The summed E-state index contributed by atoms with van der Waals surface area (Å²) in [4.78, 5) is 12.7. The van der Waals surface area contributed by atoms with Gasteiger partial charge in [-0.25, -0.2) is 4.39 Å². The first-order valence-electron chi connectivity index (χ1n) is 7.82. The molecule has 1 atom stereocenters. The van der Waals surface area contributed by atoms with Gasteiger partial charge in [0, 0.05) is 16.5 Å². The van der Waals surface area contributed by atoms with Crippen LogP contribution in [0, 0.1) is 15.4 Å². The van der Waals surface area contributed by atoms with Crippen molar-refractivity contribution in [1.29, 1.82) is 0 Å². The van der Waals surface area contributed by atoms with E-state index in [-0.39, 0.29) is 17.8 Å². The van der Waals surface area contributed by atoms with Crippen molar-refractivity contribution in [2.75, 3.05) is 0 Å². The molecular weight excluding hydrogens is 420 g/mol. The summed E-state index contributed by atoms with van der Waals surface area (Å²) in [6, 6.07) is 11.8. The molecule has 1 aromatic heterocycles. The van der Waals surface area contributed by atoms with Crippen LogP contribution in [-0.4, -0.2) is 16.1 Å². The van der Waals surface area contributed by atoms with E-state index >= 15 is 0 Å². The lowest BCUT2D eigenvalue weighted by Gasteiger charge is -2.19. The maximum Gasteiger partial charge on any atom is 0.251 e. The van der Waals surface area contributed by atoms with Gasteiger partial charge in [0.15, 0.2) is 0 Å². The van der Waals surface area contributed by atoms with Gasteiger partial charge in [-0.3, -0.25) is 9.89 Å². The molecule has 0 unspecified atom stereocenters. The molecule has 0 bridgehead atoms. The SMILES string of the molecule is O=C(N[C@@H](c1ccccc1F)C1CC1)c1ccc2[nH]nc(I)c2c1. The summed E-state index contributed by atoms with van der Waals surface area (Å²) >= 11 is 2.13. The molecule has 6 heteroatoms. The highest BCUT2D eigenvalue weighted by Crippen LogP contribution is 2.41. The number of carbonyl (C=O) groups excluding carboxylic acids is 1. The second-order valence-electron chi connectivity index (χ2n) is 6.08. The predicted molar refractivity (Wildman–Crippen MR) is 98.1 cm³/mol. The molecule has 4 nitrogen and oxygen atoms in total. The molecule has 0 spiro atoms. The number of fused-ring (bicyclic) bond motifs is 1. The minimum absolute atomic E-state index is 0.186. The number of H-pyrrole nitrogens is 1. The normalized spacial score (nSPS) is 15.4. The van der Waals surface area contributed by atoms with Gasteiger partial charge in [0.2, 0.25) is 0 Å². The molecule has 0 saturated heterocycles. The van der Waals surface area contributed by atoms with Crippen LogP contribution < -0.4 is 5.32 Å². The van der Waals surface area contributed by atoms with Crippen LogP contribution in [0.5, 0.6) is 0 Å². The fraction of sp³-hybridized carbons (Fsp3) is 0.222. The Morgan fingerprint density at radius 3 is 2.83 bits per heavy atom. The predicted octanol–water partition coefficient (Wildman–Crippen LogP) is 4.19. The first kappa shape index (κ1) is 15.6. The molecule has 0 aliphatic heterocycles. The van der Waals surface area contributed by atoms with Crippen molar-refractivity contribution in [1.82, 2.24) is 15.5 Å². The smallest absolute Gasteiger partial charge is 0.251 e. The maximum atomic E-state index is 14.1. The summed E-state index contributed by atoms with van der Waals surface area (Å²) in [7, 11) is 0. The number of aromatic nitrogens is 2. The Hall–Kier alpha value is -1.96. The highest BCUT2D eigenvalue weighted by atomic mass is 127. The Labute approximate surface area is 152 Å². The van der Waals surface area contributed by atoms with E-state index in [0.717, 1.165) is 27.4 Å². The van der Waals surface area contributed by atoms with Crippen molar-refractivity contribution in [2.45, 2.75) is 18.9 Å². The third kappa shape index (κ3) is 2.90. The van der Waals surface area contributed by atoms with E-state index in [1.54, 1.807) is 24.3 Å². The van der Waals surface area contributed by atoms with Gasteiger partial charge in [-0.1, -0.05) is 18.2 Å². The molecule has 1 amide bonds. The highest BCUT2D eigenvalue weighted by molar-refractivity contribution is 14.1. The van der Waals surface area contributed by atoms with Crippen molar-refractivity contribution in [2.24, 2.45) is 5.92 Å². The zero-order valence-corrected chi connectivity index (χ0v) is 14.9. The van der Waals surface area contributed by atoms with Crippen molar-refractivity contribution in [3.8, 4) is 0 Å². The summed E-state index contributed by atoms with van der Waals surface area (Å²) < 4.78 is 15.0. The third-order valence-corrected chi connectivity index (χ3v) is 5.22. The quantitative estimate of drug-likeness (QED) is 0.604. The first-order chi connectivity index (χ1) is 11.6. The molecular formula is C18H15FIN3O. The summed E-state index contributed by atoms with van der Waals surface area (Å²) in [5.74, 6) is -0.146. The molecule has 2 N–H and O–H groups in total. The van der Waals surface area contributed by atoms with Crippen LogP contribution in [0.3, 0.4) is 0 Å². The standard InChI is InChI=1S/C18H15FIN3O/c19-14-4-2-1-3-12(14)16(10-5-6-10)21-18(24)11-7-8-15-13(9-11)17(20)23-22-15/h1-4,7-10,16H,5-6H2,(H,21,24)(H,22,23)/t16-/m1/s1. The Balaban J connectivity index is 1.63. The van der Waals surface area contributed by atoms with E-state index < -0.39 is 0 Å².